The first-order valence-electron chi connectivity index (χ1n) is 13.5. The van der Waals surface area contributed by atoms with Gasteiger partial charge in [-0.15, -0.1) is 0 Å². The van der Waals surface area contributed by atoms with Gasteiger partial charge in [-0.25, -0.2) is 0 Å². The van der Waals surface area contributed by atoms with Crippen molar-refractivity contribution in [2.45, 2.75) is 117 Å². The minimum Gasteiger partial charge on any atom is -0.461 e. The van der Waals surface area contributed by atoms with Crippen molar-refractivity contribution in [1.29, 1.82) is 0 Å². The SMILES string of the molecule is CCCCCCCCCCCC(=O)NCCC[N+](C)(C)Cc1cnc(C)c2c1COC(C)(C)O2. The van der Waals surface area contributed by atoms with Gasteiger partial charge in [0.1, 0.15) is 12.3 Å². The summed E-state index contributed by atoms with van der Waals surface area (Å²) in [5, 5.41) is 3.11. The summed E-state index contributed by atoms with van der Waals surface area (Å²) in [5.74, 6) is 0.453. The maximum Gasteiger partial charge on any atom is 0.219 e. The van der Waals surface area contributed by atoms with E-state index in [-0.39, 0.29) is 5.91 Å². The average Bonchev–Trinajstić information content (AvgIpc) is 2.77. The third-order valence-corrected chi connectivity index (χ3v) is 6.68. The Morgan fingerprint density at radius 2 is 1.71 bits per heavy atom. The molecule has 0 spiro atoms. The molecule has 1 aliphatic rings. The van der Waals surface area contributed by atoms with Crippen molar-refractivity contribution in [3.8, 4) is 5.75 Å². The molecule has 0 aliphatic carbocycles. The van der Waals surface area contributed by atoms with E-state index >= 15 is 0 Å². The molecular formula is C28H50N3O3+. The molecule has 0 aromatic carbocycles. The molecule has 1 aromatic heterocycles. The lowest BCUT2D eigenvalue weighted by molar-refractivity contribution is -0.903. The third kappa shape index (κ3) is 10.3. The molecule has 1 amide bonds. The van der Waals surface area contributed by atoms with Gasteiger partial charge in [-0.3, -0.25) is 9.78 Å². The monoisotopic (exact) mass is 476 g/mol. The van der Waals surface area contributed by atoms with E-state index in [1.54, 1.807) is 0 Å². The lowest BCUT2D eigenvalue weighted by atomic mass is 10.1. The Morgan fingerprint density at radius 1 is 1.06 bits per heavy atom. The molecule has 194 valence electrons. The minimum atomic E-state index is -0.616. The van der Waals surface area contributed by atoms with Gasteiger partial charge in [0.25, 0.3) is 0 Å². The fourth-order valence-corrected chi connectivity index (χ4v) is 4.59. The van der Waals surface area contributed by atoms with Crippen molar-refractivity contribution >= 4 is 5.91 Å². The van der Waals surface area contributed by atoms with E-state index in [1.165, 1.54) is 56.9 Å². The number of ether oxygens (including phenoxy) is 2. The number of quaternary nitrogens is 1. The Labute approximate surface area is 208 Å². The van der Waals surface area contributed by atoms with Gasteiger partial charge in [0.15, 0.2) is 0 Å². The zero-order valence-electron chi connectivity index (χ0n) is 22.8. The number of aryl methyl sites for hydroxylation is 1. The van der Waals surface area contributed by atoms with E-state index in [0.29, 0.717) is 13.0 Å². The number of carbonyl (C=O) groups is 1. The van der Waals surface area contributed by atoms with Gasteiger partial charge >= 0.3 is 0 Å². The number of carbonyl (C=O) groups excluding carboxylic acids is 1. The maximum atomic E-state index is 12.2. The van der Waals surface area contributed by atoms with Crippen LogP contribution in [0.15, 0.2) is 6.20 Å². The highest BCUT2D eigenvalue weighted by atomic mass is 16.7. The second kappa shape index (κ2) is 14.0. The number of hydrogen-bond acceptors (Lipinski definition) is 4. The Balaban J connectivity index is 1.64. The van der Waals surface area contributed by atoms with Crippen molar-refractivity contribution in [3.63, 3.8) is 0 Å². The van der Waals surface area contributed by atoms with Crippen LogP contribution in [0, 0.1) is 6.92 Å². The van der Waals surface area contributed by atoms with Crippen LogP contribution in [0.5, 0.6) is 5.75 Å². The molecule has 34 heavy (non-hydrogen) atoms. The number of rotatable bonds is 16. The maximum absolute atomic E-state index is 12.2. The molecule has 0 unspecified atom stereocenters. The van der Waals surface area contributed by atoms with Crippen LogP contribution >= 0.6 is 0 Å². The first-order valence-corrected chi connectivity index (χ1v) is 13.5. The topological polar surface area (TPSA) is 60.5 Å². The molecule has 6 nitrogen and oxygen atoms in total. The van der Waals surface area contributed by atoms with Crippen molar-refractivity contribution in [2.24, 2.45) is 0 Å². The highest BCUT2D eigenvalue weighted by Gasteiger charge is 2.32. The lowest BCUT2D eigenvalue weighted by Gasteiger charge is -2.36. The van der Waals surface area contributed by atoms with Gasteiger partial charge in [-0.2, -0.15) is 0 Å². The summed E-state index contributed by atoms with van der Waals surface area (Å²) in [6.45, 7) is 11.2. The smallest absolute Gasteiger partial charge is 0.219 e. The number of pyridine rings is 1. The number of fused-ring (bicyclic) bond motifs is 1. The second-order valence-electron chi connectivity index (χ2n) is 11.1. The molecule has 0 saturated carbocycles. The summed E-state index contributed by atoms with van der Waals surface area (Å²) in [6, 6.07) is 0. The Kier molecular flexibility index (Phi) is 11.8. The fourth-order valence-electron chi connectivity index (χ4n) is 4.59. The highest BCUT2D eigenvalue weighted by molar-refractivity contribution is 5.75. The van der Waals surface area contributed by atoms with E-state index in [9.17, 15) is 4.79 Å². The van der Waals surface area contributed by atoms with Gasteiger partial charge < -0.3 is 19.3 Å². The standard InChI is InChI=1S/C28H49N3O3/c1-7-8-9-10-11-12-13-14-15-17-26(32)29-18-16-19-31(5,6)21-24-20-30-23(2)27-25(24)22-33-28(3,4)34-27/h20H,7-19,21-22H2,1-6H3/p+1. The number of amides is 1. The van der Waals surface area contributed by atoms with Gasteiger partial charge in [-0.05, 0) is 13.3 Å². The molecule has 2 rings (SSSR count). The predicted octanol–water partition coefficient (Wildman–Crippen LogP) is 6.04. The van der Waals surface area contributed by atoms with Crippen LogP contribution in [0.2, 0.25) is 0 Å². The molecule has 1 aromatic rings. The van der Waals surface area contributed by atoms with Gasteiger partial charge in [-0.1, -0.05) is 58.3 Å². The number of aromatic nitrogens is 1. The zero-order valence-corrected chi connectivity index (χ0v) is 22.8. The Morgan fingerprint density at radius 3 is 2.38 bits per heavy atom. The Hall–Kier alpha value is -1.66. The average molecular weight is 477 g/mol. The predicted molar refractivity (Wildman–Crippen MR) is 139 cm³/mol. The molecule has 0 atom stereocenters. The molecular weight excluding hydrogens is 426 g/mol. The lowest BCUT2D eigenvalue weighted by Crippen LogP contribution is -2.42. The van der Waals surface area contributed by atoms with Crippen LogP contribution in [-0.2, 0) is 22.7 Å². The van der Waals surface area contributed by atoms with Crippen molar-refractivity contribution in [3.05, 3.63) is 23.0 Å². The first kappa shape index (κ1) is 28.6. The Bertz CT molecular complexity index is 762. The highest BCUT2D eigenvalue weighted by Crippen LogP contribution is 2.35. The van der Waals surface area contributed by atoms with Crippen LogP contribution in [-0.4, -0.2) is 48.3 Å². The molecule has 0 fully saturated rings. The van der Waals surface area contributed by atoms with Crippen molar-refractivity contribution in [2.75, 3.05) is 27.2 Å². The van der Waals surface area contributed by atoms with Crippen molar-refractivity contribution in [1.82, 2.24) is 10.3 Å². The quantitative estimate of drug-likeness (QED) is 0.233. The minimum absolute atomic E-state index is 0.196. The van der Waals surface area contributed by atoms with E-state index < -0.39 is 5.79 Å². The van der Waals surface area contributed by atoms with E-state index in [2.05, 4.69) is 31.3 Å². The molecule has 0 bridgehead atoms. The molecule has 1 aliphatic heterocycles. The van der Waals surface area contributed by atoms with Crippen LogP contribution in [0.3, 0.4) is 0 Å². The first-order chi connectivity index (χ1) is 16.1. The van der Waals surface area contributed by atoms with Gasteiger partial charge in [0, 0.05) is 50.6 Å². The number of nitrogens with zero attached hydrogens (tertiary/aromatic N) is 2. The number of unbranched alkanes of at least 4 members (excludes halogenated alkanes) is 8. The largest absolute Gasteiger partial charge is 0.461 e. The van der Waals surface area contributed by atoms with Gasteiger partial charge in [0.2, 0.25) is 11.7 Å². The molecule has 1 N–H and O–H groups in total. The van der Waals surface area contributed by atoms with E-state index in [1.807, 2.05) is 27.0 Å². The summed E-state index contributed by atoms with van der Waals surface area (Å²) < 4.78 is 12.8. The summed E-state index contributed by atoms with van der Waals surface area (Å²) >= 11 is 0. The molecule has 2 heterocycles. The normalized spacial score (nSPS) is 15.0. The summed E-state index contributed by atoms with van der Waals surface area (Å²) in [4.78, 5) is 16.7. The van der Waals surface area contributed by atoms with Gasteiger partial charge in [0.05, 0.1) is 32.9 Å². The molecule has 0 saturated heterocycles. The number of nitrogens with one attached hydrogen (secondary N) is 1. The van der Waals surface area contributed by atoms with Crippen LogP contribution in [0.1, 0.15) is 108 Å². The fraction of sp³-hybridized carbons (Fsp3) is 0.786. The zero-order chi connectivity index (χ0) is 25.0. The number of hydrogen-bond donors (Lipinski definition) is 1. The van der Waals surface area contributed by atoms with Crippen molar-refractivity contribution < 1.29 is 18.8 Å². The molecule has 6 heteroatoms. The second-order valence-corrected chi connectivity index (χ2v) is 11.1. The summed E-state index contributed by atoms with van der Waals surface area (Å²) in [6.07, 6.45) is 15.1. The summed E-state index contributed by atoms with van der Waals surface area (Å²) in [5.41, 5.74) is 3.21. The van der Waals surface area contributed by atoms with Crippen LogP contribution in [0.4, 0.5) is 0 Å². The molecule has 0 radical (unpaired) electrons. The van der Waals surface area contributed by atoms with E-state index in [0.717, 1.165) is 54.0 Å². The summed E-state index contributed by atoms with van der Waals surface area (Å²) in [7, 11) is 4.45. The van der Waals surface area contributed by atoms with Crippen LogP contribution in [0.25, 0.3) is 0 Å². The van der Waals surface area contributed by atoms with Crippen LogP contribution < -0.4 is 10.1 Å². The third-order valence-electron chi connectivity index (χ3n) is 6.68. The van der Waals surface area contributed by atoms with E-state index in [4.69, 9.17) is 9.47 Å².